The first-order valence-corrected chi connectivity index (χ1v) is 9.91. The van der Waals surface area contributed by atoms with Gasteiger partial charge in [0.2, 0.25) is 5.91 Å². The van der Waals surface area contributed by atoms with Crippen molar-refractivity contribution in [2.24, 2.45) is 0 Å². The first-order chi connectivity index (χ1) is 13.4. The number of aryl methyl sites for hydroxylation is 4. The zero-order valence-electron chi connectivity index (χ0n) is 16.4. The Morgan fingerprint density at radius 2 is 1.75 bits per heavy atom. The largest absolute Gasteiger partial charge is 0.483 e. The summed E-state index contributed by atoms with van der Waals surface area (Å²) in [6.07, 6.45) is 0. The molecule has 3 rings (SSSR count). The predicted octanol–water partition coefficient (Wildman–Crippen LogP) is 4.61. The Hall–Kier alpha value is -2.80. The van der Waals surface area contributed by atoms with E-state index in [1.165, 1.54) is 11.8 Å². The number of anilines is 1. The van der Waals surface area contributed by atoms with Crippen molar-refractivity contribution in [3.05, 3.63) is 64.5 Å². The van der Waals surface area contributed by atoms with Crippen molar-refractivity contribution in [2.75, 3.05) is 11.1 Å². The lowest BCUT2D eigenvalue weighted by atomic mass is 10.1. The predicted molar refractivity (Wildman–Crippen MR) is 110 cm³/mol. The lowest BCUT2D eigenvalue weighted by Crippen LogP contribution is -2.14. The lowest BCUT2D eigenvalue weighted by Gasteiger charge is -2.09. The standard InChI is InChI=1S/C21H23N3O3S/c1-13-8-14(2)10-17(9-13)22-18(25)12-28-21-24-23-19(27-21)11-26-20-15(3)6-5-7-16(20)4/h5-10H,11-12H2,1-4H3,(H,22,25). The number of amides is 1. The van der Waals surface area contributed by atoms with Crippen LogP contribution in [0.4, 0.5) is 5.69 Å². The van der Waals surface area contributed by atoms with E-state index < -0.39 is 0 Å². The number of nitrogens with zero attached hydrogens (tertiary/aromatic N) is 2. The van der Waals surface area contributed by atoms with Crippen LogP contribution in [0.5, 0.6) is 5.75 Å². The molecule has 0 atom stereocenters. The number of rotatable bonds is 7. The van der Waals surface area contributed by atoms with E-state index in [9.17, 15) is 4.79 Å². The number of carbonyl (C=O) groups is 1. The van der Waals surface area contributed by atoms with E-state index in [4.69, 9.17) is 9.15 Å². The summed E-state index contributed by atoms with van der Waals surface area (Å²) in [5, 5.41) is 11.2. The zero-order valence-corrected chi connectivity index (χ0v) is 17.2. The van der Waals surface area contributed by atoms with Gasteiger partial charge in [-0.05, 0) is 62.1 Å². The van der Waals surface area contributed by atoms with Crippen LogP contribution in [0.2, 0.25) is 0 Å². The van der Waals surface area contributed by atoms with Crippen LogP contribution in [0.3, 0.4) is 0 Å². The molecule has 1 N–H and O–H groups in total. The van der Waals surface area contributed by atoms with Crippen LogP contribution in [0.25, 0.3) is 0 Å². The number of hydrogen-bond donors (Lipinski definition) is 1. The third-order valence-electron chi connectivity index (χ3n) is 4.03. The molecule has 0 unspecified atom stereocenters. The Morgan fingerprint density at radius 1 is 1.07 bits per heavy atom. The molecule has 0 aliphatic rings. The van der Waals surface area contributed by atoms with Gasteiger partial charge in [-0.2, -0.15) is 0 Å². The van der Waals surface area contributed by atoms with Crippen molar-refractivity contribution < 1.29 is 13.9 Å². The molecule has 0 aliphatic heterocycles. The summed E-state index contributed by atoms with van der Waals surface area (Å²) in [6.45, 7) is 8.17. The minimum absolute atomic E-state index is 0.124. The summed E-state index contributed by atoms with van der Waals surface area (Å²) in [4.78, 5) is 12.2. The molecule has 0 aliphatic carbocycles. The highest BCUT2D eigenvalue weighted by molar-refractivity contribution is 7.99. The fourth-order valence-corrected chi connectivity index (χ4v) is 3.47. The minimum atomic E-state index is -0.124. The highest BCUT2D eigenvalue weighted by Crippen LogP contribution is 2.24. The van der Waals surface area contributed by atoms with Gasteiger partial charge in [-0.3, -0.25) is 4.79 Å². The normalized spacial score (nSPS) is 10.7. The number of ether oxygens (including phenoxy) is 1. The van der Waals surface area contributed by atoms with Crippen molar-refractivity contribution in [2.45, 2.75) is 39.5 Å². The van der Waals surface area contributed by atoms with Gasteiger partial charge in [0.15, 0.2) is 6.61 Å². The molecule has 0 spiro atoms. The fraction of sp³-hybridized carbons (Fsp3) is 0.286. The molecule has 7 heteroatoms. The van der Waals surface area contributed by atoms with Gasteiger partial charge in [0.25, 0.3) is 11.1 Å². The van der Waals surface area contributed by atoms with Crippen molar-refractivity contribution >= 4 is 23.4 Å². The average Bonchev–Trinajstić information content (AvgIpc) is 3.06. The van der Waals surface area contributed by atoms with Crippen LogP contribution in [0.15, 0.2) is 46.0 Å². The van der Waals surface area contributed by atoms with Gasteiger partial charge in [0.1, 0.15) is 5.75 Å². The van der Waals surface area contributed by atoms with Crippen molar-refractivity contribution in [1.82, 2.24) is 10.2 Å². The molecule has 1 amide bonds. The maximum absolute atomic E-state index is 12.2. The molecule has 1 heterocycles. The minimum Gasteiger partial charge on any atom is -0.483 e. The van der Waals surface area contributed by atoms with Crippen molar-refractivity contribution in [3.63, 3.8) is 0 Å². The Morgan fingerprint density at radius 3 is 2.43 bits per heavy atom. The number of aromatic nitrogens is 2. The van der Waals surface area contributed by atoms with E-state index >= 15 is 0 Å². The summed E-state index contributed by atoms with van der Waals surface area (Å²) < 4.78 is 11.4. The number of carbonyl (C=O) groups excluding carboxylic acids is 1. The molecule has 1 aromatic heterocycles. The summed E-state index contributed by atoms with van der Waals surface area (Å²) in [6, 6.07) is 11.9. The van der Waals surface area contributed by atoms with Crippen molar-refractivity contribution in [1.29, 1.82) is 0 Å². The Bertz CT molecular complexity index is 944. The van der Waals surface area contributed by atoms with Crippen molar-refractivity contribution in [3.8, 4) is 5.75 Å². The molecule has 3 aromatic rings. The number of benzene rings is 2. The number of nitrogens with one attached hydrogen (secondary N) is 1. The van der Waals surface area contributed by atoms with Gasteiger partial charge in [-0.15, -0.1) is 10.2 Å². The molecular weight excluding hydrogens is 374 g/mol. The molecule has 28 heavy (non-hydrogen) atoms. The van der Waals surface area contributed by atoms with Gasteiger partial charge >= 0.3 is 0 Å². The molecule has 2 aromatic carbocycles. The summed E-state index contributed by atoms with van der Waals surface area (Å²) in [7, 11) is 0. The number of para-hydroxylation sites is 1. The molecule has 0 saturated carbocycles. The highest BCUT2D eigenvalue weighted by atomic mass is 32.2. The van der Waals surface area contributed by atoms with Crippen LogP contribution in [0, 0.1) is 27.7 Å². The quantitative estimate of drug-likeness (QED) is 0.587. The lowest BCUT2D eigenvalue weighted by molar-refractivity contribution is -0.113. The topological polar surface area (TPSA) is 77.2 Å². The van der Waals surface area contributed by atoms with Gasteiger partial charge in [-0.1, -0.05) is 36.0 Å². The first-order valence-electron chi connectivity index (χ1n) is 8.93. The van der Waals surface area contributed by atoms with Crippen LogP contribution in [-0.4, -0.2) is 21.9 Å². The maximum Gasteiger partial charge on any atom is 0.277 e. The molecule has 0 saturated heterocycles. The Kier molecular flexibility index (Phi) is 6.36. The fourth-order valence-electron chi connectivity index (χ4n) is 2.89. The second kappa shape index (κ2) is 8.93. The number of hydrogen-bond acceptors (Lipinski definition) is 6. The molecule has 6 nitrogen and oxygen atoms in total. The van der Waals surface area contributed by atoms with Gasteiger partial charge in [-0.25, -0.2) is 0 Å². The summed E-state index contributed by atoms with van der Waals surface area (Å²) in [5.41, 5.74) is 5.10. The monoisotopic (exact) mass is 397 g/mol. The molecule has 0 radical (unpaired) electrons. The van der Waals surface area contributed by atoms with E-state index in [2.05, 4.69) is 21.6 Å². The summed E-state index contributed by atoms with van der Waals surface area (Å²) >= 11 is 1.20. The van der Waals surface area contributed by atoms with E-state index in [1.807, 2.05) is 58.0 Å². The van der Waals surface area contributed by atoms with Crippen LogP contribution in [-0.2, 0) is 11.4 Å². The molecular formula is C21H23N3O3S. The van der Waals surface area contributed by atoms with Crippen LogP contribution in [0.1, 0.15) is 28.1 Å². The van der Waals surface area contributed by atoms with Gasteiger partial charge < -0.3 is 14.5 Å². The van der Waals surface area contributed by atoms with Gasteiger partial charge in [0, 0.05) is 5.69 Å². The first kappa shape index (κ1) is 19.9. The Labute approximate surface area is 168 Å². The second-order valence-corrected chi connectivity index (χ2v) is 7.61. The SMILES string of the molecule is Cc1cc(C)cc(NC(=O)CSc2nnc(COc3c(C)cccc3C)o2)c1. The number of thioether (sulfide) groups is 1. The van der Waals surface area contributed by atoms with Gasteiger partial charge in [0.05, 0.1) is 5.75 Å². The Balaban J connectivity index is 1.51. The smallest absolute Gasteiger partial charge is 0.277 e. The molecule has 146 valence electrons. The second-order valence-electron chi connectivity index (χ2n) is 6.68. The summed E-state index contributed by atoms with van der Waals surface area (Å²) in [5.74, 6) is 1.26. The van der Waals surface area contributed by atoms with Crippen LogP contribution < -0.4 is 10.1 Å². The van der Waals surface area contributed by atoms with E-state index in [0.717, 1.165) is 33.7 Å². The third-order valence-corrected chi connectivity index (χ3v) is 4.85. The zero-order chi connectivity index (χ0) is 20.1. The highest BCUT2D eigenvalue weighted by Gasteiger charge is 2.12. The maximum atomic E-state index is 12.2. The molecule has 0 fully saturated rings. The average molecular weight is 398 g/mol. The molecule has 0 bridgehead atoms. The van der Waals surface area contributed by atoms with E-state index in [0.29, 0.717) is 11.1 Å². The van der Waals surface area contributed by atoms with E-state index in [1.54, 1.807) is 0 Å². The van der Waals surface area contributed by atoms with E-state index in [-0.39, 0.29) is 18.3 Å². The van der Waals surface area contributed by atoms with Crippen LogP contribution >= 0.6 is 11.8 Å². The third kappa shape index (κ3) is 5.36.